The summed E-state index contributed by atoms with van der Waals surface area (Å²) in [6.45, 7) is 6.95. The van der Waals surface area contributed by atoms with Gasteiger partial charge in [-0.25, -0.2) is 0 Å². The van der Waals surface area contributed by atoms with E-state index in [4.69, 9.17) is 15.7 Å². The third-order valence-electron chi connectivity index (χ3n) is 1.72. The molecule has 4 nitrogen and oxygen atoms in total. The zero-order valence-corrected chi connectivity index (χ0v) is 8.66. The maximum Gasteiger partial charge on any atom is 0.141 e. The van der Waals surface area contributed by atoms with E-state index in [0.29, 0.717) is 12.3 Å². The highest BCUT2D eigenvalue weighted by atomic mass is 16.5. The van der Waals surface area contributed by atoms with Gasteiger partial charge in [0.15, 0.2) is 0 Å². The summed E-state index contributed by atoms with van der Waals surface area (Å²) < 4.78 is 5.45. The minimum atomic E-state index is 0.0228. The molecule has 0 fully saturated rings. The van der Waals surface area contributed by atoms with Crippen LogP contribution >= 0.6 is 0 Å². The van der Waals surface area contributed by atoms with E-state index in [2.05, 4.69) is 19.0 Å². The van der Waals surface area contributed by atoms with E-state index < -0.39 is 0 Å². The third kappa shape index (κ3) is 7.59. The van der Waals surface area contributed by atoms with Crippen molar-refractivity contribution in [1.82, 2.24) is 0 Å². The molecule has 0 aromatic heterocycles. The molecule has 3 N–H and O–H groups in total. The van der Waals surface area contributed by atoms with Gasteiger partial charge in [-0.15, -0.1) is 0 Å². The second-order valence-electron chi connectivity index (χ2n) is 3.66. The molecule has 4 heteroatoms. The van der Waals surface area contributed by atoms with Crippen molar-refractivity contribution in [2.45, 2.75) is 39.7 Å². The number of amidine groups is 1. The first-order valence-electron chi connectivity index (χ1n) is 4.64. The van der Waals surface area contributed by atoms with Gasteiger partial charge in [0.2, 0.25) is 0 Å². The Hall–Kier alpha value is -0.770. The van der Waals surface area contributed by atoms with Gasteiger partial charge in [-0.3, -0.25) is 0 Å². The zero-order chi connectivity index (χ0) is 10.3. The molecule has 0 heterocycles. The molecule has 0 aliphatic heterocycles. The molecule has 0 rings (SSSR count). The first kappa shape index (κ1) is 12.2. The molecule has 0 amide bonds. The molecule has 0 saturated carbocycles. The summed E-state index contributed by atoms with van der Waals surface area (Å²) in [5.74, 6) is 0.869. The molecule has 0 aliphatic carbocycles. The van der Waals surface area contributed by atoms with E-state index in [1.54, 1.807) is 0 Å². The molecule has 13 heavy (non-hydrogen) atoms. The number of nitrogens with zero attached hydrogens (tertiary/aromatic N) is 1. The van der Waals surface area contributed by atoms with Gasteiger partial charge in [0, 0.05) is 13.0 Å². The van der Waals surface area contributed by atoms with E-state index in [9.17, 15) is 0 Å². The Morgan fingerprint density at radius 3 is 2.54 bits per heavy atom. The van der Waals surface area contributed by atoms with Gasteiger partial charge in [-0.05, 0) is 19.3 Å². The average Bonchev–Trinajstić information content (AvgIpc) is 2.03. The summed E-state index contributed by atoms with van der Waals surface area (Å²) in [4.78, 5) is 0. The summed E-state index contributed by atoms with van der Waals surface area (Å²) in [5, 5.41) is 11.2. The minimum Gasteiger partial charge on any atom is -0.409 e. The van der Waals surface area contributed by atoms with E-state index >= 15 is 0 Å². The number of ether oxygens (including phenoxy) is 1. The number of nitrogens with two attached hydrogens (primary N) is 1. The summed E-state index contributed by atoms with van der Waals surface area (Å²) >= 11 is 0. The molecule has 0 spiro atoms. The fourth-order valence-corrected chi connectivity index (χ4v) is 0.899. The summed E-state index contributed by atoms with van der Waals surface area (Å²) in [6, 6.07) is 0. The first-order chi connectivity index (χ1) is 6.06. The SMILES string of the molecule is CC(C)CCOC(C)CC(N)=NO. The van der Waals surface area contributed by atoms with Gasteiger partial charge >= 0.3 is 0 Å². The molecule has 0 aromatic rings. The molecule has 0 radical (unpaired) electrons. The van der Waals surface area contributed by atoms with E-state index in [1.807, 2.05) is 6.92 Å². The predicted octanol–water partition coefficient (Wildman–Crippen LogP) is 1.57. The zero-order valence-electron chi connectivity index (χ0n) is 8.66. The van der Waals surface area contributed by atoms with Crippen LogP contribution in [0.5, 0.6) is 0 Å². The standard InChI is InChI=1S/C9H20N2O2/c1-7(2)4-5-13-8(3)6-9(10)11-12/h7-8,12H,4-6H2,1-3H3,(H2,10,11). The Bertz CT molecular complexity index is 158. The number of hydrogen-bond acceptors (Lipinski definition) is 3. The van der Waals surface area contributed by atoms with Crippen molar-refractivity contribution in [3.8, 4) is 0 Å². The van der Waals surface area contributed by atoms with Gasteiger partial charge in [-0.1, -0.05) is 19.0 Å². The van der Waals surface area contributed by atoms with Crippen LogP contribution < -0.4 is 5.73 Å². The normalized spacial score (nSPS) is 14.9. The van der Waals surface area contributed by atoms with E-state index in [-0.39, 0.29) is 11.9 Å². The molecular formula is C9H20N2O2. The lowest BCUT2D eigenvalue weighted by molar-refractivity contribution is 0.0629. The number of hydrogen-bond donors (Lipinski definition) is 2. The highest BCUT2D eigenvalue weighted by molar-refractivity contribution is 5.79. The van der Waals surface area contributed by atoms with Crippen LogP contribution in [-0.2, 0) is 4.74 Å². The number of oxime groups is 1. The van der Waals surface area contributed by atoms with Crippen LogP contribution in [0, 0.1) is 5.92 Å². The quantitative estimate of drug-likeness (QED) is 0.288. The first-order valence-corrected chi connectivity index (χ1v) is 4.64. The van der Waals surface area contributed by atoms with Crippen molar-refractivity contribution in [2.24, 2.45) is 16.8 Å². The molecular weight excluding hydrogens is 168 g/mol. The van der Waals surface area contributed by atoms with Crippen molar-refractivity contribution >= 4 is 5.84 Å². The molecule has 0 saturated heterocycles. The van der Waals surface area contributed by atoms with E-state index in [0.717, 1.165) is 13.0 Å². The van der Waals surface area contributed by atoms with Crippen LogP contribution in [0.3, 0.4) is 0 Å². The monoisotopic (exact) mass is 188 g/mol. The summed E-state index contributed by atoms with van der Waals surface area (Å²) in [7, 11) is 0. The smallest absolute Gasteiger partial charge is 0.141 e. The van der Waals surface area contributed by atoms with Gasteiger partial charge in [0.25, 0.3) is 0 Å². The fraction of sp³-hybridized carbons (Fsp3) is 0.889. The lowest BCUT2D eigenvalue weighted by atomic mass is 10.1. The molecule has 0 aromatic carbocycles. The maximum absolute atomic E-state index is 8.30. The number of rotatable bonds is 6. The van der Waals surface area contributed by atoms with Gasteiger partial charge in [-0.2, -0.15) is 0 Å². The summed E-state index contributed by atoms with van der Waals surface area (Å²) in [6.07, 6.45) is 1.55. The molecule has 1 unspecified atom stereocenters. The Labute approximate surface area is 79.8 Å². The van der Waals surface area contributed by atoms with Crippen molar-refractivity contribution in [3.05, 3.63) is 0 Å². The molecule has 0 aliphatic rings. The largest absolute Gasteiger partial charge is 0.409 e. The average molecular weight is 188 g/mol. The minimum absolute atomic E-state index is 0.0228. The highest BCUT2D eigenvalue weighted by Crippen LogP contribution is 2.03. The van der Waals surface area contributed by atoms with Gasteiger partial charge in [0.05, 0.1) is 6.10 Å². The highest BCUT2D eigenvalue weighted by Gasteiger charge is 2.05. The van der Waals surface area contributed by atoms with Crippen LogP contribution in [0.15, 0.2) is 5.16 Å². The molecule has 78 valence electrons. The van der Waals surface area contributed by atoms with Crippen LogP contribution in [-0.4, -0.2) is 23.8 Å². The topological polar surface area (TPSA) is 67.8 Å². The lowest BCUT2D eigenvalue weighted by Gasteiger charge is -2.12. The van der Waals surface area contributed by atoms with Crippen molar-refractivity contribution in [3.63, 3.8) is 0 Å². The Morgan fingerprint density at radius 1 is 1.46 bits per heavy atom. The second-order valence-corrected chi connectivity index (χ2v) is 3.66. The Balaban J connectivity index is 3.46. The van der Waals surface area contributed by atoms with Crippen molar-refractivity contribution in [2.75, 3.05) is 6.61 Å². The van der Waals surface area contributed by atoms with E-state index in [1.165, 1.54) is 0 Å². The fourth-order valence-electron chi connectivity index (χ4n) is 0.899. The predicted molar refractivity (Wildman–Crippen MR) is 52.9 cm³/mol. The molecule has 1 atom stereocenters. The van der Waals surface area contributed by atoms with Gasteiger partial charge < -0.3 is 15.7 Å². The van der Waals surface area contributed by atoms with Crippen molar-refractivity contribution in [1.29, 1.82) is 0 Å². The Morgan fingerprint density at radius 2 is 2.08 bits per heavy atom. The molecule has 0 bridgehead atoms. The second kappa shape index (κ2) is 6.71. The lowest BCUT2D eigenvalue weighted by Crippen LogP contribution is -2.21. The third-order valence-corrected chi connectivity index (χ3v) is 1.72. The van der Waals surface area contributed by atoms with Crippen molar-refractivity contribution < 1.29 is 9.94 Å². The van der Waals surface area contributed by atoms with Gasteiger partial charge in [0.1, 0.15) is 5.84 Å². The van der Waals surface area contributed by atoms with Crippen LogP contribution in [0.4, 0.5) is 0 Å². The summed E-state index contributed by atoms with van der Waals surface area (Å²) in [5.41, 5.74) is 5.33. The van der Waals surface area contributed by atoms with Crippen LogP contribution in [0.2, 0.25) is 0 Å². The maximum atomic E-state index is 8.30. The Kier molecular flexibility index (Phi) is 6.32. The van der Waals surface area contributed by atoms with Crippen LogP contribution in [0.1, 0.15) is 33.6 Å². The van der Waals surface area contributed by atoms with Crippen LogP contribution in [0.25, 0.3) is 0 Å².